The van der Waals surface area contributed by atoms with Crippen LogP contribution in [0, 0.1) is 0 Å². The summed E-state index contributed by atoms with van der Waals surface area (Å²) in [6.07, 6.45) is 2.05. The fraction of sp³-hybridized carbons (Fsp3) is 0.118. The molecule has 1 aromatic heterocycles. The third-order valence-corrected chi connectivity index (χ3v) is 4.65. The number of anilines is 1. The van der Waals surface area contributed by atoms with E-state index in [1.165, 1.54) is 4.90 Å². The lowest BCUT2D eigenvalue weighted by molar-refractivity contribution is 0.415. The Morgan fingerprint density at radius 2 is 1.83 bits per heavy atom. The minimum Gasteiger partial charge on any atom is -0.495 e. The largest absolute Gasteiger partial charge is 0.495 e. The van der Waals surface area contributed by atoms with E-state index in [1.807, 2.05) is 36.6 Å². The number of aromatic amines is 1. The van der Waals surface area contributed by atoms with Crippen molar-refractivity contribution in [2.45, 2.75) is 4.90 Å². The number of nitrogens with zero attached hydrogens (tertiary/aromatic N) is 1. The SMILES string of the molecule is COc1ccc(-c2c(N)n[nH]c2-c2ccc(SC)cc2)cc1Cl. The van der Waals surface area contributed by atoms with E-state index in [2.05, 4.69) is 22.3 Å². The smallest absolute Gasteiger partial charge is 0.153 e. The minimum absolute atomic E-state index is 0.440. The van der Waals surface area contributed by atoms with Gasteiger partial charge in [-0.25, -0.2) is 0 Å². The summed E-state index contributed by atoms with van der Waals surface area (Å²) >= 11 is 7.94. The molecule has 0 spiro atoms. The summed E-state index contributed by atoms with van der Waals surface area (Å²) in [6.45, 7) is 0. The molecule has 0 bridgehead atoms. The number of rotatable bonds is 4. The van der Waals surface area contributed by atoms with Crippen LogP contribution in [-0.4, -0.2) is 23.6 Å². The summed E-state index contributed by atoms with van der Waals surface area (Å²) in [5.74, 6) is 1.07. The van der Waals surface area contributed by atoms with Gasteiger partial charge < -0.3 is 10.5 Å². The van der Waals surface area contributed by atoms with Crippen molar-refractivity contribution < 1.29 is 4.74 Å². The van der Waals surface area contributed by atoms with Crippen molar-refractivity contribution in [3.05, 3.63) is 47.5 Å². The van der Waals surface area contributed by atoms with Crippen molar-refractivity contribution in [2.75, 3.05) is 19.1 Å². The summed E-state index contributed by atoms with van der Waals surface area (Å²) in [5.41, 5.74) is 9.69. The van der Waals surface area contributed by atoms with E-state index in [0.717, 1.165) is 22.4 Å². The fourth-order valence-electron chi connectivity index (χ4n) is 2.44. The van der Waals surface area contributed by atoms with Crippen molar-refractivity contribution in [3.8, 4) is 28.1 Å². The average Bonchev–Trinajstić information content (AvgIpc) is 2.96. The molecule has 4 nitrogen and oxygen atoms in total. The second kappa shape index (κ2) is 6.56. The Balaban J connectivity index is 2.09. The van der Waals surface area contributed by atoms with Gasteiger partial charge in [-0.05, 0) is 36.1 Å². The van der Waals surface area contributed by atoms with E-state index in [-0.39, 0.29) is 0 Å². The molecule has 0 aliphatic heterocycles. The van der Waals surface area contributed by atoms with Gasteiger partial charge in [0.15, 0.2) is 5.82 Å². The van der Waals surface area contributed by atoms with E-state index < -0.39 is 0 Å². The van der Waals surface area contributed by atoms with Crippen molar-refractivity contribution in [1.29, 1.82) is 0 Å². The highest BCUT2D eigenvalue weighted by atomic mass is 35.5. The van der Waals surface area contributed by atoms with E-state index in [1.54, 1.807) is 18.9 Å². The Bertz CT molecular complexity index is 830. The van der Waals surface area contributed by atoms with Crippen LogP contribution in [0.15, 0.2) is 47.4 Å². The van der Waals surface area contributed by atoms with Crippen LogP contribution < -0.4 is 10.5 Å². The van der Waals surface area contributed by atoms with Crippen molar-refractivity contribution >= 4 is 29.2 Å². The molecule has 0 aliphatic rings. The van der Waals surface area contributed by atoms with Gasteiger partial charge in [0.25, 0.3) is 0 Å². The number of nitrogens with two attached hydrogens (primary N) is 1. The number of ether oxygens (including phenoxy) is 1. The van der Waals surface area contributed by atoms with E-state index in [9.17, 15) is 0 Å². The number of nitrogens with one attached hydrogen (secondary N) is 1. The van der Waals surface area contributed by atoms with Gasteiger partial charge in [0.05, 0.1) is 23.4 Å². The summed E-state index contributed by atoms with van der Waals surface area (Å²) in [4.78, 5) is 1.20. The maximum absolute atomic E-state index is 6.24. The van der Waals surface area contributed by atoms with Gasteiger partial charge in [-0.1, -0.05) is 29.8 Å². The van der Waals surface area contributed by atoms with Crippen LogP contribution in [0.2, 0.25) is 5.02 Å². The second-order valence-electron chi connectivity index (χ2n) is 4.94. The quantitative estimate of drug-likeness (QED) is 0.672. The molecule has 0 amide bonds. The van der Waals surface area contributed by atoms with Gasteiger partial charge in [-0.2, -0.15) is 5.10 Å². The van der Waals surface area contributed by atoms with E-state index >= 15 is 0 Å². The highest BCUT2D eigenvalue weighted by Gasteiger charge is 2.16. The van der Waals surface area contributed by atoms with Crippen molar-refractivity contribution in [3.63, 3.8) is 0 Å². The average molecular weight is 346 g/mol. The zero-order valence-corrected chi connectivity index (χ0v) is 14.3. The standard InChI is InChI=1S/C17H16ClN3OS/c1-22-14-8-5-11(9-13(14)18)15-16(20-21-17(15)19)10-3-6-12(23-2)7-4-10/h3-9H,1-2H3,(H3,19,20,21). The first-order valence-corrected chi connectivity index (χ1v) is 8.56. The number of hydrogen-bond donors (Lipinski definition) is 2. The van der Waals surface area contributed by atoms with Crippen LogP contribution >= 0.6 is 23.4 Å². The van der Waals surface area contributed by atoms with Crippen LogP contribution in [0.4, 0.5) is 5.82 Å². The molecule has 1 heterocycles. The van der Waals surface area contributed by atoms with E-state index in [4.69, 9.17) is 22.1 Å². The first kappa shape index (κ1) is 15.8. The molecule has 3 N–H and O–H groups in total. The number of benzene rings is 2. The van der Waals surface area contributed by atoms with Crippen molar-refractivity contribution in [1.82, 2.24) is 10.2 Å². The monoisotopic (exact) mass is 345 g/mol. The zero-order chi connectivity index (χ0) is 16.4. The number of aromatic nitrogens is 2. The highest BCUT2D eigenvalue weighted by molar-refractivity contribution is 7.98. The predicted molar refractivity (Wildman–Crippen MR) is 97.2 cm³/mol. The lowest BCUT2D eigenvalue weighted by Gasteiger charge is -2.08. The van der Waals surface area contributed by atoms with Crippen LogP contribution in [0.25, 0.3) is 22.4 Å². The summed E-state index contributed by atoms with van der Waals surface area (Å²) in [7, 11) is 1.59. The second-order valence-corrected chi connectivity index (χ2v) is 6.22. The topological polar surface area (TPSA) is 63.9 Å². The number of halogens is 1. The molecule has 0 atom stereocenters. The Morgan fingerprint density at radius 3 is 2.43 bits per heavy atom. The molecular formula is C17H16ClN3OS. The normalized spacial score (nSPS) is 10.7. The Hall–Kier alpha value is -2.11. The van der Waals surface area contributed by atoms with Crippen LogP contribution in [0.5, 0.6) is 5.75 Å². The Labute approximate surface area is 144 Å². The number of nitrogen functional groups attached to an aromatic ring is 1. The maximum Gasteiger partial charge on any atom is 0.153 e. The lowest BCUT2D eigenvalue weighted by Crippen LogP contribution is -1.90. The number of thioether (sulfide) groups is 1. The zero-order valence-electron chi connectivity index (χ0n) is 12.8. The first-order valence-electron chi connectivity index (χ1n) is 6.96. The molecule has 0 saturated carbocycles. The molecule has 23 heavy (non-hydrogen) atoms. The fourth-order valence-corrected chi connectivity index (χ4v) is 3.10. The summed E-state index contributed by atoms with van der Waals surface area (Å²) < 4.78 is 5.20. The number of methoxy groups -OCH3 is 1. The van der Waals surface area contributed by atoms with Gasteiger partial charge in [0, 0.05) is 10.5 Å². The van der Waals surface area contributed by atoms with Gasteiger partial charge in [-0.15, -0.1) is 11.8 Å². The predicted octanol–water partition coefficient (Wildman–Crippen LogP) is 4.71. The number of H-pyrrole nitrogens is 1. The molecule has 6 heteroatoms. The summed E-state index contributed by atoms with van der Waals surface area (Å²) in [6, 6.07) is 13.8. The van der Waals surface area contributed by atoms with Gasteiger partial charge in [0.1, 0.15) is 5.75 Å². The molecule has 3 rings (SSSR count). The van der Waals surface area contributed by atoms with E-state index in [0.29, 0.717) is 16.6 Å². The molecule has 0 radical (unpaired) electrons. The van der Waals surface area contributed by atoms with Gasteiger partial charge in [-0.3, -0.25) is 5.10 Å². The van der Waals surface area contributed by atoms with Crippen LogP contribution in [0.1, 0.15) is 0 Å². The van der Waals surface area contributed by atoms with Crippen molar-refractivity contribution in [2.24, 2.45) is 0 Å². The maximum atomic E-state index is 6.24. The first-order chi connectivity index (χ1) is 11.1. The molecule has 3 aromatic rings. The molecule has 0 saturated heterocycles. The minimum atomic E-state index is 0.440. The molecule has 0 fully saturated rings. The summed E-state index contributed by atoms with van der Waals surface area (Å²) in [5, 5.41) is 7.71. The lowest BCUT2D eigenvalue weighted by atomic mass is 10.0. The van der Waals surface area contributed by atoms with Gasteiger partial charge in [0.2, 0.25) is 0 Å². The third-order valence-electron chi connectivity index (χ3n) is 3.61. The Morgan fingerprint density at radius 1 is 1.13 bits per heavy atom. The van der Waals surface area contributed by atoms with Crippen LogP contribution in [0.3, 0.4) is 0 Å². The number of hydrogen-bond acceptors (Lipinski definition) is 4. The third kappa shape index (κ3) is 3.02. The highest BCUT2D eigenvalue weighted by Crippen LogP contribution is 2.38. The molecular weight excluding hydrogens is 330 g/mol. The van der Waals surface area contributed by atoms with Crippen LogP contribution in [-0.2, 0) is 0 Å². The van der Waals surface area contributed by atoms with Gasteiger partial charge >= 0.3 is 0 Å². The molecule has 2 aromatic carbocycles. The Kier molecular flexibility index (Phi) is 4.50. The molecule has 118 valence electrons. The molecule has 0 unspecified atom stereocenters. The molecule has 0 aliphatic carbocycles.